The van der Waals surface area contributed by atoms with Crippen molar-refractivity contribution in [1.29, 1.82) is 0 Å². The van der Waals surface area contributed by atoms with Gasteiger partial charge in [0.2, 0.25) is 12.5 Å². The van der Waals surface area contributed by atoms with Crippen LogP contribution < -0.4 is 34.9 Å². The van der Waals surface area contributed by atoms with E-state index >= 15 is 0 Å². The van der Waals surface area contributed by atoms with Crippen LogP contribution in [0.4, 0.5) is 19.2 Å². The lowest BCUT2D eigenvalue weighted by Gasteiger charge is -2.39. The van der Waals surface area contributed by atoms with Gasteiger partial charge < -0.3 is 68.8 Å². The molecule has 3 aliphatic rings. The highest BCUT2D eigenvalue weighted by Gasteiger charge is 2.53. The summed E-state index contributed by atoms with van der Waals surface area (Å²) in [5.74, 6) is -1.06. The number of aromatic hydroxyl groups is 1. The molecule has 1 saturated heterocycles. The number of carbonyl (C=O) groups excluding carboxylic acids is 5. The number of hydrogen-bond donors (Lipinski definition) is 4. The number of hydrogen-bond acceptors (Lipinski definition) is 14. The minimum atomic E-state index is -0.746. The van der Waals surface area contributed by atoms with Gasteiger partial charge in [0.1, 0.15) is 16.8 Å². The van der Waals surface area contributed by atoms with Gasteiger partial charge in [-0.05, 0) is 129 Å². The number of benzene rings is 2. The summed E-state index contributed by atoms with van der Waals surface area (Å²) < 4.78 is 44.7. The molecule has 4 N–H and O–H groups in total. The van der Waals surface area contributed by atoms with Crippen molar-refractivity contribution in [2.45, 2.75) is 117 Å². The molecule has 1 aliphatic carbocycles. The number of phenolic OH excluding ortho intramolecular Hbond substituents is 1. The Morgan fingerprint density at radius 1 is 0.682 bits per heavy atom. The summed E-state index contributed by atoms with van der Waals surface area (Å²) in [7, 11) is 2.85. The number of methoxy groups -OCH3 is 2. The van der Waals surface area contributed by atoms with Crippen molar-refractivity contribution in [1.82, 2.24) is 25.8 Å². The van der Waals surface area contributed by atoms with Crippen LogP contribution in [0.5, 0.6) is 28.7 Å². The van der Waals surface area contributed by atoms with Gasteiger partial charge in [0.05, 0.1) is 32.8 Å². The molecule has 2 aromatic carbocycles. The molecular formula is C47H69N5O14. The predicted octanol–water partition coefficient (Wildman–Crippen LogP) is 6.97. The maximum Gasteiger partial charge on any atom is 0.410 e. The topological polar surface area (TPSA) is 222 Å². The molecule has 2 aliphatic heterocycles. The van der Waals surface area contributed by atoms with E-state index in [1.54, 1.807) is 84.2 Å². The highest BCUT2D eigenvalue weighted by molar-refractivity contribution is 5.80. The van der Waals surface area contributed by atoms with Crippen LogP contribution in [0.2, 0.25) is 0 Å². The normalized spacial score (nSPS) is 18.5. The summed E-state index contributed by atoms with van der Waals surface area (Å²) in [4.78, 5) is 69.1. The number of alkyl carbamates (subject to hydrolysis) is 1. The van der Waals surface area contributed by atoms with Crippen molar-refractivity contribution < 1.29 is 67.0 Å². The third-order valence-corrected chi connectivity index (χ3v) is 10.9. The lowest BCUT2D eigenvalue weighted by Crippen LogP contribution is -2.46. The van der Waals surface area contributed by atoms with E-state index in [4.69, 9.17) is 37.9 Å². The average molecular weight is 928 g/mol. The Kier molecular flexibility index (Phi) is 16.6. The van der Waals surface area contributed by atoms with Crippen LogP contribution in [0.3, 0.4) is 0 Å². The zero-order chi connectivity index (χ0) is 48.6. The molecule has 4 atom stereocenters. The number of amides is 5. The zero-order valence-electron chi connectivity index (χ0n) is 40.3. The molecule has 0 spiro atoms. The molecule has 19 heteroatoms. The van der Waals surface area contributed by atoms with Crippen LogP contribution in [-0.4, -0.2) is 129 Å². The Bertz CT molecular complexity index is 2030. The van der Waals surface area contributed by atoms with Gasteiger partial charge in [-0.3, -0.25) is 4.79 Å². The van der Waals surface area contributed by atoms with Gasteiger partial charge in [0.25, 0.3) is 0 Å². The molecule has 366 valence electrons. The summed E-state index contributed by atoms with van der Waals surface area (Å²) in [5.41, 5.74) is -0.0280. The summed E-state index contributed by atoms with van der Waals surface area (Å²) in [6.07, 6.45) is 0.436. The zero-order valence-corrected chi connectivity index (χ0v) is 40.3. The van der Waals surface area contributed by atoms with Crippen molar-refractivity contribution >= 4 is 30.3 Å². The number of ether oxygens (including phenoxy) is 8. The van der Waals surface area contributed by atoms with E-state index < -0.39 is 70.9 Å². The third kappa shape index (κ3) is 13.8. The van der Waals surface area contributed by atoms with Gasteiger partial charge in [-0.1, -0.05) is 0 Å². The first-order chi connectivity index (χ1) is 31.0. The van der Waals surface area contributed by atoms with E-state index in [1.165, 1.54) is 14.2 Å². The van der Waals surface area contributed by atoms with E-state index in [-0.39, 0.29) is 43.7 Å². The molecule has 2 aromatic rings. The second-order valence-corrected chi connectivity index (χ2v) is 19.6. The fraction of sp³-hybridized carbons (Fsp3) is 0.638. The van der Waals surface area contributed by atoms with E-state index in [2.05, 4.69) is 16.0 Å². The van der Waals surface area contributed by atoms with Crippen LogP contribution in [0, 0.1) is 11.8 Å². The molecule has 19 nitrogen and oxygen atoms in total. The largest absolute Gasteiger partial charge is 0.502 e. The number of unbranched alkanes of at least 4 members (excludes halogenated alkanes) is 1. The van der Waals surface area contributed by atoms with Crippen molar-refractivity contribution in [3.05, 3.63) is 41.0 Å². The van der Waals surface area contributed by atoms with E-state index in [1.807, 2.05) is 12.1 Å². The van der Waals surface area contributed by atoms with E-state index in [0.717, 1.165) is 0 Å². The molecule has 5 amide bonds. The van der Waals surface area contributed by atoms with Crippen molar-refractivity contribution in [3.63, 3.8) is 0 Å². The van der Waals surface area contributed by atoms with Crippen LogP contribution in [0.25, 0.3) is 0 Å². The SMILES string of the molecule is COc1cc(C2c3cc4c(cc3C(NC(=O)NCCCN(CCCCN(CCCNC(=O)OC(C)(C)C)C(=O)OC(C)(C)C)C(=O)OC(C)(C)C)C3COC(=O)C23)OCO4)cc(OC)c1O. The Labute approximate surface area is 387 Å². The van der Waals surface area contributed by atoms with E-state index in [9.17, 15) is 29.1 Å². The molecule has 0 aromatic heterocycles. The summed E-state index contributed by atoms with van der Waals surface area (Å²) in [6, 6.07) is 5.81. The molecule has 2 heterocycles. The summed E-state index contributed by atoms with van der Waals surface area (Å²) in [6.45, 7) is 17.9. The van der Waals surface area contributed by atoms with Gasteiger partial charge in [-0.15, -0.1) is 0 Å². The number of nitrogens with one attached hydrogen (secondary N) is 3. The van der Waals surface area contributed by atoms with Crippen molar-refractivity contribution in [2.24, 2.45) is 11.8 Å². The van der Waals surface area contributed by atoms with Gasteiger partial charge in [-0.2, -0.15) is 0 Å². The Morgan fingerprint density at radius 2 is 1.17 bits per heavy atom. The maximum atomic E-state index is 13.7. The van der Waals surface area contributed by atoms with Crippen LogP contribution in [0.15, 0.2) is 24.3 Å². The number of urea groups is 1. The number of carbonyl (C=O) groups is 5. The smallest absolute Gasteiger partial charge is 0.410 e. The van der Waals surface area contributed by atoms with Gasteiger partial charge in [0.15, 0.2) is 23.0 Å². The minimum absolute atomic E-state index is 0.0126. The Hall–Kier alpha value is -6.01. The van der Waals surface area contributed by atoms with Crippen LogP contribution in [-0.2, 0) is 23.7 Å². The monoisotopic (exact) mass is 927 g/mol. The number of fused-ring (bicyclic) bond motifs is 3. The lowest BCUT2D eigenvalue weighted by molar-refractivity contribution is -0.141. The first-order valence-corrected chi connectivity index (χ1v) is 22.5. The second-order valence-electron chi connectivity index (χ2n) is 19.6. The first kappa shape index (κ1) is 51.0. The molecular weight excluding hydrogens is 859 g/mol. The fourth-order valence-corrected chi connectivity index (χ4v) is 8.13. The van der Waals surface area contributed by atoms with Crippen molar-refractivity contribution in [3.8, 4) is 28.7 Å². The summed E-state index contributed by atoms with van der Waals surface area (Å²) in [5, 5.41) is 19.4. The van der Waals surface area contributed by atoms with E-state index in [0.29, 0.717) is 80.1 Å². The minimum Gasteiger partial charge on any atom is -0.502 e. The highest BCUT2D eigenvalue weighted by atomic mass is 16.7. The molecule has 0 bridgehead atoms. The number of esters is 1. The predicted molar refractivity (Wildman–Crippen MR) is 241 cm³/mol. The number of nitrogens with zero attached hydrogens (tertiary/aromatic N) is 2. The molecule has 0 saturated carbocycles. The van der Waals surface area contributed by atoms with Gasteiger partial charge >= 0.3 is 30.3 Å². The van der Waals surface area contributed by atoms with Crippen molar-refractivity contribution in [2.75, 3.05) is 66.9 Å². The Morgan fingerprint density at radius 3 is 1.67 bits per heavy atom. The molecule has 1 fully saturated rings. The molecule has 5 rings (SSSR count). The molecule has 66 heavy (non-hydrogen) atoms. The number of rotatable bonds is 17. The average Bonchev–Trinajstić information content (AvgIpc) is 3.84. The number of cyclic esters (lactones) is 1. The van der Waals surface area contributed by atoms with Crippen LogP contribution >= 0.6 is 0 Å². The van der Waals surface area contributed by atoms with Crippen LogP contribution in [0.1, 0.15) is 117 Å². The number of phenols is 1. The first-order valence-electron chi connectivity index (χ1n) is 22.5. The van der Waals surface area contributed by atoms with Gasteiger partial charge in [-0.25, -0.2) is 19.2 Å². The Balaban J connectivity index is 1.22. The fourth-order valence-electron chi connectivity index (χ4n) is 8.13. The standard InChI is InChI=1S/C47H69N5O14/c1-45(2,3)64-42(56)49-17-15-21-52(44(58)66-47(7,8)9)19-13-12-18-51(43(57)65-46(4,5)6)20-14-16-48-41(55)50-38-30-25-33-32(62-27-63-33)24-29(30)36(37-31(38)26-61-40(37)54)28-22-34(59-10)39(53)35(23-28)60-11/h22-25,31,36-38,53H,12-21,26-27H2,1-11H3,(H,49,56)(H2,48,50,55). The van der Waals surface area contributed by atoms with Gasteiger partial charge in [0, 0.05) is 51.1 Å². The second kappa shape index (κ2) is 21.5. The maximum absolute atomic E-state index is 13.7. The highest BCUT2D eigenvalue weighted by Crippen LogP contribution is 2.55. The lowest BCUT2D eigenvalue weighted by atomic mass is 9.65. The molecule has 4 unspecified atom stereocenters. The summed E-state index contributed by atoms with van der Waals surface area (Å²) >= 11 is 0. The third-order valence-electron chi connectivity index (χ3n) is 10.9. The quantitative estimate of drug-likeness (QED) is 0.0715. The molecule has 0 radical (unpaired) electrons.